The van der Waals surface area contributed by atoms with E-state index >= 15 is 0 Å². The van der Waals surface area contributed by atoms with E-state index in [0.29, 0.717) is 39.4 Å². The number of urea groups is 1. The Hall–Kier alpha value is -1.64. The van der Waals surface area contributed by atoms with E-state index in [1.165, 1.54) is 0 Å². The molecule has 1 aromatic rings. The van der Waals surface area contributed by atoms with Crippen LogP contribution in [0.2, 0.25) is 0 Å². The van der Waals surface area contributed by atoms with Gasteiger partial charge in [-0.15, -0.1) is 0 Å². The first kappa shape index (κ1) is 19.7. The van der Waals surface area contributed by atoms with Crippen molar-refractivity contribution < 1.29 is 19.1 Å². The van der Waals surface area contributed by atoms with E-state index in [1.54, 1.807) is 12.0 Å². The van der Waals surface area contributed by atoms with E-state index in [-0.39, 0.29) is 24.5 Å². The molecule has 0 aliphatic carbocycles. The maximum absolute atomic E-state index is 12.3. The van der Waals surface area contributed by atoms with Crippen LogP contribution in [0.25, 0.3) is 0 Å². The zero-order valence-electron chi connectivity index (χ0n) is 14.3. The molecule has 2 rings (SSSR count). The molecule has 1 aromatic carbocycles. The molecule has 0 saturated carbocycles. The Kier molecular flexibility index (Phi) is 8.17. The molecule has 0 bridgehead atoms. The number of ether oxygens (including phenoxy) is 2. The Balaban J connectivity index is 1.75. The summed E-state index contributed by atoms with van der Waals surface area (Å²) in [4.78, 5) is 25.6. The molecule has 7 nitrogen and oxygen atoms in total. The van der Waals surface area contributed by atoms with Crippen molar-refractivity contribution in [1.82, 2.24) is 15.5 Å². The smallest absolute Gasteiger partial charge is 0.317 e. The molecule has 1 atom stereocenters. The summed E-state index contributed by atoms with van der Waals surface area (Å²) in [6.45, 7) is 2.77. The molecule has 25 heavy (non-hydrogen) atoms. The number of methoxy groups -OCH3 is 1. The molecular weight excluding hydrogens is 390 g/mol. The second-order valence-corrected chi connectivity index (χ2v) is 6.60. The van der Waals surface area contributed by atoms with Crippen molar-refractivity contribution >= 4 is 27.9 Å². The highest BCUT2D eigenvalue weighted by atomic mass is 79.9. The number of rotatable bonds is 7. The fraction of sp³-hybridized carbons (Fsp3) is 0.529. The summed E-state index contributed by atoms with van der Waals surface area (Å²) < 4.78 is 11.6. The lowest BCUT2D eigenvalue weighted by atomic mass is 10.1. The monoisotopic (exact) mass is 413 g/mol. The summed E-state index contributed by atoms with van der Waals surface area (Å²) in [5, 5.41) is 5.50. The third kappa shape index (κ3) is 6.64. The van der Waals surface area contributed by atoms with Crippen LogP contribution in [0.4, 0.5) is 4.79 Å². The van der Waals surface area contributed by atoms with Crippen LogP contribution in [0.3, 0.4) is 0 Å². The molecule has 1 aliphatic rings. The van der Waals surface area contributed by atoms with Gasteiger partial charge in [-0.1, -0.05) is 28.1 Å². The van der Waals surface area contributed by atoms with Crippen molar-refractivity contribution in [3.8, 4) is 0 Å². The van der Waals surface area contributed by atoms with Gasteiger partial charge in [0.15, 0.2) is 0 Å². The first-order chi connectivity index (χ1) is 12.1. The summed E-state index contributed by atoms with van der Waals surface area (Å²) in [7, 11) is 1.58. The Morgan fingerprint density at radius 3 is 2.96 bits per heavy atom. The van der Waals surface area contributed by atoms with Crippen LogP contribution in [-0.4, -0.2) is 63.3 Å². The number of carbonyl (C=O) groups is 2. The van der Waals surface area contributed by atoms with Gasteiger partial charge in [0.2, 0.25) is 5.91 Å². The van der Waals surface area contributed by atoms with E-state index < -0.39 is 0 Å². The summed E-state index contributed by atoms with van der Waals surface area (Å²) >= 11 is 3.45. The van der Waals surface area contributed by atoms with E-state index in [2.05, 4.69) is 26.6 Å². The van der Waals surface area contributed by atoms with Gasteiger partial charge < -0.3 is 25.0 Å². The summed E-state index contributed by atoms with van der Waals surface area (Å²) in [6, 6.07) is 7.71. The zero-order chi connectivity index (χ0) is 18.1. The maximum atomic E-state index is 12.3. The van der Waals surface area contributed by atoms with Crippen molar-refractivity contribution in [2.24, 2.45) is 0 Å². The van der Waals surface area contributed by atoms with Crippen LogP contribution in [0.5, 0.6) is 0 Å². The number of nitrogens with one attached hydrogen (secondary N) is 2. The number of nitrogens with zero attached hydrogens (tertiary/aromatic N) is 1. The predicted octanol–water partition coefficient (Wildman–Crippen LogP) is 1.68. The number of morpholine rings is 1. The molecule has 0 spiro atoms. The minimum absolute atomic E-state index is 0.105. The third-order valence-electron chi connectivity index (χ3n) is 3.83. The third-order valence-corrected chi connectivity index (χ3v) is 4.32. The SMILES string of the molecule is COCCNC(=O)CCNC(=O)N1CCOC(c2cccc(Br)c2)C1. The number of carbonyl (C=O) groups excluding carboxylic acids is 2. The van der Waals surface area contributed by atoms with Crippen molar-refractivity contribution in [3.63, 3.8) is 0 Å². The summed E-state index contributed by atoms with van der Waals surface area (Å²) in [5.74, 6) is -0.105. The fourth-order valence-electron chi connectivity index (χ4n) is 2.52. The molecule has 8 heteroatoms. The number of amides is 3. The molecule has 1 fully saturated rings. The van der Waals surface area contributed by atoms with Gasteiger partial charge in [0.25, 0.3) is 0 Å². The largest absolute Gasteiger partial charge is 0.383 e. The van der Waals surface area contributed by atoms with E-state index in [1.807, 2.05) is 24.3 Å². The highest BCUT2D eigenvalue weighted by Crippen LogP contribution is 2.24. The molecule has 1 unspecified atom stereocenters. The standard InChI is InChI=1S/C17H24BrN3O4/c1-24-9-7-19-16(22)5-6-20-17(23)21-8-10-25-15(12-21)13-3-2-4-14(18)11-13/h2-4,11,15H,5-10,12H2,1H3,(H,19,22)(H,20,23). The molecule has 1 saturated heterocycles. The van der Waals surface area contributed by atoms with Gasteiger partial charge in [-0.2, -0.15) is 0 Å². The molecule has 0 radical (unpaired) electrons. The quantitative estimate of drug-likeness (QED) is 0.666. The van der Waals surface area contributed by atoms with Crippen LogP contribution in [0, 0.1) is 0 Å². The van der Waals surface area contributed by atoms with Crippen molar-refractivity contribution in [2.45, 2.75) is 12.5 Å². The van der Waals surface area contributed by atoms with Crippen molar-refractivity contribution in [3.05, 3.63) is 34.3 Å². The Morgan fingerprint density at radius 2 is 2.20 bits per heavy atom. The van der Waals surface area contributed by atoms with Gasteiger partial charge in [-0.3, -0.25) is 4.79 Å². The van der Waals surface area contributed by atoms with Gasteiger partial charge in [-0.05, 0) is 17.7 Å². The lowest BCUT2D eigenvalue weighted by molar-refractivity contribution is -0.121. The molecule has 1 aliphatic heterocycles. The first-order valence-corrected chi connectivity index (χ1v) is 9.05. The van der Waals surface area contributed by atoms with Crippen LogP contribution < -0.4 is 10.6 Å². The molecule has 138 valence electrons. The lowest BCUT2D eigenvalue weighted by Gasteiger charge is -2.33. The minimum atomic E-state index is -0.173. The van der Waals surface area contributed by atoms with E-state index in [9.17, 15) is 9.59 Å². The highest BCUT2D eigenvalue weighted by molar-refractivity contribution is 9.10. The van der Waals surface area contributed by atoms with Gasteiger partial charge in [-0.25, -0.2) is 4.79 Å². The minimum Gasteiger partial charge on any atom is -0.383 e. The molecule has 0 aromatic heterocycles. The van der Waals surface area contributed by atoms with Gasteiger partial charge >= 0.3 is 6.03 Å². The van der Waals surface area contributed by atoms with Crippen molar-refractivity contribution in [2.75, 3.05) is 46.5 Å². The maximum Gasteiger partial charge on any atom is 0.317 e. The molecule has 2 N–H and O–H groups in total. The lowest BCUT2D eigenvalue weighted by Crippen LogP contribution is -2.47. The topological polar surface area (TPSA) is 79.9 Å². The normalized spacial score (nSPS) is 17.2. The number of benzene rings is 1. The van der Waals surface area contributed by atoms with Crippen LogP contribution in [0.1, 0.15) is 18.1 Å². The number of hydrogen-bond donors (Lipinski definition) is 2. The number of halogens is 1. The molecule has 1 heterocycles. The Bertz CT molecular complexity index is 585. The highest BCUT2D eigenvalue weighted by Gasteiger charge is 2.25. The second-order valence-electron chi connectivity index (χ2n) is 5.69. The van der Waals surface area contributed by atoms with Crippen LogP contribution >= 0.6 is 15.9 Å². The average molecular weight is 414 g/mol. The summed E-state index contributed by atoms with van der Waals surface area (Å²) in [5.41, 5.74) is 1.03. The Morgan fingerprint density at radius 1 is 1.36 bits per heavy atom. The van der Waals surface area contributed by atoms with E-state index in [0.717, 1.165) is 10.0 Å². The molecule has 3 amide bonds. The molecular formula is C17H24BrN3O4. The van der Waals surface area contributed by atoms with Crippen LogP contribution in [0.15, 0.2) is 28.7 Å². The van der Waals surface area contributed by atoms with Crippen LogP contribution in [-0.2, 0) is 14.3 Å². The van der Waals surface area contributed by atoms with Gasteiger partial charge in [0.05, 0.1) is 19.8 Å². The van der Waals surface area contributed by atoms with E-state index in [4.69, 9.17) is 9.47 Å². The van der Waals surface area contributed by atoms with Gasteiger partial charge in [0, 0.05) is 37.6 Å². The predicted molar refractivity (Wildman–Crippen MR) is 97.3 cm³/mol. The van der Waals surface area contributed by atoms with Crippen molar-refractivity contribution in [1.29, 1.82) is 0 Å². The average Bonchev–Trinajstić information content (AvgIpc) is 2.62. The second kappa shape index (κ2) is 10.4. The zero-order valence-corrected chi connectivity index (χ0v) is 15.9. The van der Waals surface area contributed by atoms with Gasteiger partial charge in [0.1, 0.15) is 6.10 Å². The summed E-state index contributed by atoms with van der Waals surface area (Å²) in [6.07, 6.45) is 0.101. The Labute approximate surface area is 156 Å². The number of hydrogen-bond acceptors (Lipinski definition) is 4. The fourth-order valence-corrected chi connectivity index (χ4v) is 2.93. The first-order valence-electron chi connectivity index (χ1n) is 8.25.